The van der Waals surface area contributed by atoms with Crippen LogP contribution in [-0.4, -0.2) is 52.5 Å². The maximum Gasteiger partial charge on any atom is 0.276 e. The largest absolute Gasteiger partial charge is 0.480 e. The highest BCUT2D eigenvalue weighted by molar-refractivity contribution is 7.13. The van der Waals surface area contributed by atoms with E-state index in [-0.39, 0.29) is 12.0 Å². The molecule has 140 valence electrons. The predicted molar refractivity (Wildman–Crippen MR) is 98.0 cm³/mol. The zero-order chi connectivity index (χ0) is 18.6. The number of carbonyl (C=O) groups excluding carboxylic acids is 1. The second-order valence-corrected chi connectivity index (χ2v) is 7.05. The summed E-state index contributed by atoms with van der Waals surface area (Å²) in [7, 11) is 1.53. The van der Waals surface area contributed by atoms with Gasteiger partial charge in [-0.3, -0.25) is 4.79 Å². The van der Waals surface area contributed by atoms with E-state index in [0.717, 1.165) is 17.7 Å². The molecule has 3 aromatic rings. The number of carbonyl (C=O) groups is 1. The van der Waals surface area contributed by atoms with E-state index < -0.39 is 0 Å². The van der Waals surface area contributed by atoms with E-state index in [2.05, 4.69) is 15.4 Å². The van der Waals surface area contributed by atoms with Crippen LogP contribution in [0.2, 0.25) is 0 Å². The van der Waals surface area contributed by atoms with Crippen LogP contribution in [0.15, 0.2) is 40.2 Å². The molecule has 0 saturated carbocycles. The molecule has 0 aromatic carbocycles. The molecule has 1 aliphatic rings. The quantitative estimate of drug-likeness (QED) is 0.666. The van der Waals surface area contributed by atoms with E-state index in [9.17, 15) is 4.79 Å². The van der Waals surface area contributed by atoms with Gasteiger partial charge in [0.05, 0.1) is 18.5 Å². The number of thiophene rings is 1. The van der Waals surface area contributed by atoms with Gasteiger partial charge in [0, 0.05) is 24.7 Å². The first-order valence-corrected chi connectivity index (χ1v) is 9.45. The molecule has 4 rings (SSSR count). The average Bonchev–Trinajstić information content (AvgIpc) is 3.40. The van der Waals surface area contributed by atoms with Crippen molar-refractivity contribution in [3.63, 3.8) is 0 Å². The highest BCUT2D eigenvalue weighted by Crippen LogP contribution is 2.26. The van der Waals surface area contributed by atoms with Crippen molar-refractivity contribution in [2.75, 3.05) is 20.2 Å². The third-order valence-electron chi connectivity index (χ3n) is 4.27. The molecular formula is C18H18N4O4S. The van der Waals surface area contributed by atoms with Gasteiger partial charge in [-0.25, -0.2) is 0 Å². The van der Waals surface area contributed by atoms with Gasteiger partial charge >= 0.3 is 0 Å². The van der Waals surface area contributed by atoms with Crippen molar-refractivity contribution in [2.24, 2.45) is 0 Å². The van der Waals surface area contributed by atoms with Gasteiger partial charge in [0.25, 0.3) is 5.91 Å². The molecule has 1 unspecified atom stereocenters. The standard InChI is InChI=1S/C18H18N4O4S/c1-24-16-6-7-17(20-19-16)25-12-4-2-8-22(11-12)18(23)13-10-14(26-21-13)15-5-3-9-27-15/h3,5-7,9-10,12H,2,4,8,11H2,1H3. The Hall–Kier alpha value is -2.94. The number of ether oxygens (including phenoxy) is 2. The minimum Gasteiger partial charge on any atom is -0.480 e. The van der Waals surface area contributed by atoms with E-state index in [1.165, 1.54) is 7.11 Å². The van der Waals surface area contributed by atoms with Crippen LogP contribution in [-0.2, 0) is 0 Å². The molecule has 0 N–H and O–H groups in total. The summed E-state index contributed by atoms with van der Waals surface area (Å²) in [5, 5.41) is 13.8. The number of methoxy groups -OCH3 is 1. The zero-order valence-electron chi connectivity index (χ0n) is 14.7. The molecule has 9 heteroatoms. The Labute approximate surface area is 159 Å². The summed E-state index contributed by atoms with van der Waals surface area (Å²) in [5.74, 6) is 1.29. The highest BCUT2D eigenvalue weighted by Gasteiger charge is 2.28. The van der Waals surface area contributed by atoms with E-state index in [1.54, 1.807) is 34.4 Å². The van der Waals surface area contributed by atoms with Gasteiger partial charge in [0.2, 0.25) is 11.8 Å². The maximum atomic E-state index is 12.8. The molecule has 1 aliphatic heterocycles. The van der Waals surface area contributed by atoms with Gasteiger partial charge in [-0.15, -0.1) is 21.5 Å². The molecule has 0 spiro atoms. The van der Waals surface area contributed by atoms with Gasteiger partial charge in [-0.1, -0.05) is 11.2 Å². The number of amides is 1. The van der Waals surface area contributed by atoms with Gasteiger partial charge in [0.15, 0.2) is 11.5 Å². The molecule has 3 aromatic heterocycles. The number of hydrogen-bond acceptors (Lipinski definition) is 8. The van der Waals surface area contributed by atoms with Crippen molar-refractivity contribution >= 4 is 17.2 Å². The SMILES string of the molecule is COc1ccc(OC2CCCN(C(=O)c3cc(-c4cccs4)on3)C2)nn1. The second-order valence-electron chi connectivity index (χ2n) is 6.10. The third-order valence-corrected chi connectivity index (χ3v) is 5.16. The van der Waals surface area contributed by atoms with Crippen LogP contribution in [0, 0.1) is 0 Å². The molecule has 1 atom stereocenters. The average molecular weight is 386 g/mol. The Morgan fingerprint density at radius 3 is 2.89 bits per heavy atom. The van der Waals surface area contributed by atoms with Gasteiger partial charge in [-0.2, -0.15) is 0 Å². The Morgan fingerprint density at radius 1 is 1.30 bits per heavy atom. The fourth-order valence-electron chi connectivity index (χ4n) is 2.94. The zero-order valence-corrected chi connectivity index (χ0v) is 15.5. The monoisotopic (exact) mass is 386 g/mol. The van der Waals surface area contributed by atoms with Crippen LogP contribution in [0.4, 0.5) is 0 Å². The molecule has 8 nitrogen and oxygen atoms in total. The Bertz CT molecular complexity index is 894. The highest BCUT2D eigenvalue weighted by atomic mass is 32.1. The fraction of sp³-hybridized carbons (Fsp3) is 0.333. The lowest BCUT2D eigenvalue weighted by atomic mass is 10.1. The number of hydrogen-bond donors (Lipinski definition) is 0. The van der Waals surface area contributed by atoms with Crippen molar-refractivity contribution in [1.29, 1.82) is 0 Å². The Balaban J connectivity index is 1.40. The first-order chi connectivity index (χ1) is 13.2. The van der Waals surface area contributed by atoms with E-state index in [1.807, 2.05) is 17.5 Å². The van der Waals surface area contributed by atoms with Crippen LogP contribution in [0.5, 0.6) is 11.8 Å². The smallest absolute Gasteiger partial charge is 0.276 e. The van der Waals surface area contributed by atoms with Gasteiger partial charge in [0.1, 0.15) is 6.10 Å². The van der Waals surface area contributed by atoms with Crippen molar-refractivity contribution in [1.82, 2.24) is 20.3 Å². The molecule has 0 radical (unpaired) electrons. The lowest BCUT2D eigenvalue weighted by molar-refractivity contribution is 0.0516. The molecule has 1 saturated heterocycles. The first-order valence-electron chi connectivity index (χ1n) is 8.57. The van der Waals surface area contributed by atoms with Crippen LogP contribution in [0.25, 0.3) is 10.6 Å². The molecule has 4 heterocycles. The normalized spacial score (nSPS) is 16.9. The second kappa shape index (κ2) is 7.75. The summed E-state index contributed by atoms with van der Waals surface area (Å²) < 4.78 is 16.2. The molecule has 27 heavy (non-hydrogen) atoms. The number of likely N-dealkylation sites (tertiary alicyclic amines) is 1. The maximum absolute atomic E-state index is 12.8. The summed E-state index contributed by atoms with van der Waals surface area (Å²) in [6.07, 6.45) is 1.54. The van der Waals surface area contributed by atoms with Gasteiger partial charge < -0.3 is 18.9 Å². The van der Waals surface area contributed by atoms with E-state index >= 15 is 0 Å². The van der Waals surface area contributed by atoms with Crippen LogP contribution >= 0.6 is 11.3 Å². The van der Waals surface area contributed by atoms with Crippen molar-refractivity contribution in [3.05, 3.63) is 41.4 Å². The number of nitrogens with zero attached hydrogens (tertiary/aromatic N) is 4. The topological polar surface area (TPSA) is 90.6 Å². The first kappa shape index (κ1) is 17.5. The minimum absolute atomic E-state index is 0.144. The van der Waals surface area contributed by atoms with Crippen molar-refractivity contribution in [3.8, 4) is 22.4 Å². The van der Waals surface area contributed by atoms with Crippen LogP contribution < -0.4 is 9.47 Å². The lowest BCUT2D eigenvalue weighted by Crippen LogP contribution is -2.44. The molecule has 1 amide bonds. The van der Waals surface area contributed by atoms with Crippen LogP contribution in [0.3, 0.4) is 0 Å². The number of aromatic nitrogens is 3. The van der Waals surface area contributed by atoms with Gasteiger partial charge in [-0.05, 0) is 24.3 Å². The summed E-state index contributed by atoms with van der Waals surface area (Å²) in [6.45, 7) is 1.13. The number of piperidine rings is 1. The summed E-state index contributed by atoms with van der Waals surface area (Å²) >= 11 is 1.54. The third kappa shape index (κ3) is 3.92. The fourth-order valence-corrected chi connectivity index (χ4v) is 3.62. The molecular weight excluding hydrogens is 368 g/mol. The lowest BCUT2D eigenvalue weighted by Gasteiger charge is -2.32. The Kier molecular flexibility index (Phi) is 5.01. The minimum atomic E-state index is -0.157. The number of rotatable bonds is 5. The molecule has 1 fully saturated rings. The van der Waals surface area contributed by atoms with Crippen molar-refractivity contribution < 1.29 is 18.8 Å². The van der Waals surface area contributed by atoms with Crippen LogP contribution in [0.1, 0.15) is 23.3 Å². The molecule has 0 aliphatic carbocycles. The molecule has 0 bridgehead atoms. The summed E-state index contributed by atoms with van der Waals surface area (Å²) in [6, 6.07) is 8.94. The Morgan fingerprint density at radius 2 is 2.15 bits per heavy atom. The van der Waals surface area contributed by atoms with E-state index in [0.29, 0.717) is 36.3 Å². The van der Waals surface area contributed by atoms with E-state index in [4.69, 9.17) is 14.0 Å². The predicted octanol–water partition coefficient (Wildman–Crippen LogP) is 2.89. The van der Waals surface area contributed by atoms with Crippen molar-refractivity contribution in [2.45, 2.75) is 18.9 Å². The summed E-state index contributed by atoms with van der Waals surface area (Å²) in [4.78, 5) is 15.5. The summed E-state index contributed by atoms with van der Waals surface area (Å²) in [5.41, 5.74) is 0.309.